The number of nitrogens with zero attached hydrogens (tertiary/aromatic N) is 5. The summed E-state index contributed by atoms with van der Waals surface area (Å²) in [6.45, 7) is 3.47. The highest BCUT2D eigenvalue weighted by molar-refractivity contribution is 5.66. The number of hydrogen-bond donors (Lipinski definition) is 1. The molecule has 0 atom stereocenters. The normalized spacial score (nSPS) is 11.9. The van der Waals surface area contributed by atoms with E-state index in [1.807, 2.05) is 0 Å². The van der Waals surface area contributed by atoms with E-state index < -0.39 is 17.3 Å². The molecule has 1 N–H and O–H groups in total. The quantitative estimate of drug-likeness (QED) is 0.456. The van der Waals surface area contributed by atoms with E-state index in [-0.39, 0.29) is 11.4 Å². The third kappa shape index (κ3) is 4.17. The lowest BCUT2D eigenvalue weighted by molar-refractivity contribution is -0.137. The molecule has 168 valence electrons. The number of rotatable bonds is 5. The zero-order chi connectivity index (χ0) is 23.8. The van der Waals surface area contributed by atoms with Crippen LogP contribution in [0.4, 0.5) is 13.2 Å². The second-order valence-electron chi connectivity index (χ2n) is 7.82. The minimum Gasteiger partial charge on any atom is -0.479 e. The molecule has 0 radical (unpaired) electrons. The molecule has 0 unspecified atom stereocenters. The molecule has 0 saturated heterocycles. The molecule has 0 bridgehead atoms. The fraction of sp³-hybridized carbons (Fsp3) is 0.217. The van der Waals surface area contributed by atoms with Gasteiger partial charge in [0.2, 0.25) is 0 Å². The van der Waals surface area contributed by atoms with E-state index >= 15 is 0 Å². The Morgan fingerprint density at radius 2 is 1.82 bits per heavy atom. The van der Waals surface area contributed by atoms with Crippen LogP contribution in [0.3, 0.4) is 0 Å². The minimum atomic E-state index is -4.53. The summed E-state index contributed by atoms with van der Waals surface area (Å²) in [4.78, 5) is 7.22. The maximum atomic E-state index is 13.5. The van der Waals surface area contributed by atoms with Crippen LogP contribution in [0.15, 0.2) is 54.9 Å². The summed E-state index contributed by atoms with van der Waals surface area (Å²) in [7, 11) is 1.59. The van der Waals surface area contributed by atoms with Crippen LogP contribution in [0, 0.1) is 11.3 Å². The van der Waals surface area contributed by atoms with E-state index in [2.05, 4.69) is 26.2 Å². The minimum absolute atomic E-state index is 0.0701. The Morgan fingerprint density at radius 3 is 2.48 bits per heavy atom. The highest BCUT2D eigenvalue weighted by Crippen LogP contribution is 2.38. The topological polar surface area (TPSA) is 92.4 Å². The standard InChI is InChI=1S/C23H19F3N6O/c1-22(2,33-18-9-8-14(13-27)12-16(18)19-28-10-11-29-19)21-31-30-20(32(21)3)15-6-4-5-7-17(15)23(24,25)26/h4-12H,1-3H3,(H,28,29). The Kier molecular flexibility index (Phi) is 5.41. The van der Waals surface area contributed by atoms with Gasteiger partial charge in [0.1, 0.15) is 11.6 Å². The van der Waals surface area contributed by atoms with Crippen LogP contribution in [-0.2, 0) is 18.8 Å². The number of halogens is 3. The summed E-state index contributed by atoms with van der Waals surface area (Å²) < 4.78 is 48.3. The predicted octanol–water partition coefficient (Wildman–Crippen LogP) is 5.08. The average Bonchev–Trinajstić information content (AvgIpc) is 3.43. The van der Waals surface area contributed by atoms with Gasteiger partial charge < -0.3 is 14.3 Å². The first-order chi connectivity index (χ1) is 15.6. The van der Waals surface area contributed by atoms with Crippen LogP contribution in [-0.4, -0.2) is 24.7 Å². The van der Waals surface area contributed by atoms with Crippen molar-refractivity contribution in [1.82, 2.24) is 24.7 Å². The first-order valence-electron chi connectivity index (χ1n) is 9.91. The average molecular weight is 452 g/mol. The number of nitrogens with one attached hydrogen (secondary N) is 1. The van der Waals surface area contributed by atoms with Crippen molar-refractivity contribution in [2.75, 3.05) is 0 Å². The molecule has 0 amide bonds. The number of H-pyrrole nitrogens is 1. The number of alkyl halides is 3. The van der Waals surface area contributed by atoms with Gasteiger partial charge in [-0.3, -0.25) is 0 Å². The Hall–Kier alpha value is -4.13. The smallest absolute Gasteiger partial charge is 0.417 e. The second-order valence-corrected chi connectivity index (χ2v) is 7.82. The van der Waals surface area contributed by atoms with Crippen molar-refractivity contribution in [3.05, 3.63) is 71.8 Å². The maximum Gasteiger partial charge on any atom is 0.417 e. The van der Waals surface area contributed by atoms with Gasteiger partial charge in [0.25, 0.3) is 0 Å². The lowest BCUT2D eigenvalue weighted by Gasteiger charge is -2.26. The van der Waals surface area contributed by atoms with Gasteiger partial charge in [-0.1, -0.05) is 18.2 Å². The number of benzene rings is 2. The summed E-state index contributed by atoms with van der Waals surface area (Å²) in [6.07, 6.45) is -1.30. The Morgan fingerprint density at radius 1 is 1.06 bits per heavy atom. The molecule has 10 heteroatoms. The molecule has 0 aliphatic carbocycles. The summed E-state index contributed by atoms with van der Waals surface area (Å²) in [5.74, 6) is 1.33. The van der Waals surface area contributed by atoms with E-state index in [0.29, 0.717) is 28.5 Å². The van der Waals surface area contributed by atoms with E-state index in [1.54, 1.807) is 51.5 Å². The van der Waals surface area contributed by atoms with Crippen molar-refractivity contribution in [3.8, 4) is 34.6 Å². The molecule has 0 spiro atoms. The third-order valence-corrected chi connectivity index (χ3v) is 5.11. The molecule has 4 aromatic rings. The van der Waals surface area contributed by atoms with Gasteiger partial charge in [-0.05, 0) is 38.1 Å². The van der Waals surface area contributed by atoms with Crippen LogP contribution >= 0.6 is 0 Å². The van der Waals surface area contributed by atoms with E-state index in [0.717, 1.165) is 6.07 Å². The fourth-order valence-corrected chi connectivity index (χ4v) is 3.62. The molecular formula is C23H19F3N6O. The van der Waals surface area contributed by atoms with Crippen molar-refractivity contribution in [1.29, 1.82) is 5.26 Å². The van der Waals surface area contributed by atoms with Gasteiger partial charge in [-0.25, -0.2) is 4.98 Å². The van der Waals surface area contributed by atoms with Gasteiger partial charge in [-0.15, -0.1) is 10.2 Å². The largest absolute Gasteiger partial charge is 0.479 e. The molecular weight excluding hydrogens is 433 g/mol. The molecule has 2 aromatic heterocycles. The Bertz CT molecular complexity index is 1330. The number of aromatic nitrogens is 5. The zero-order valence-corrected chi connectivity index (χ0v) is 18.0. The first-order valence-corrected chi connectivity index (χ1v) is 9.91. The molecule has 0 aliphatic rings. The van der Waals surface area contributed by atoms with Crippen LogP contribution in [0.2, 0.25) is 0 Å². The fourth-order valence-electron chi connectivity index (χ4n) is 3.62. The molecule has 4 rings (SSSR count). The van der Waals surface area contributed by atoms with E-state index in [4.69, 9.17) is 4.74 Å². The molecule has 2 heterocycles. The summed E-state index contributed by atoms with van der Waals surface area (Å²) in [5.41, 5.74) is -0.953. The van der Waals surface area contributed by atoms with Gasteiger partial charge in [0, 0.05) is 25.0 Å². The molecule has 0 fully saturated rings. The lowest BCUT2D eigenvalue weighted by atomic mass is 10.1. The van der Waals surface area contributed by atoms with Gasteiger partial charge in [0.15, 0.2) is 17.2 Å². The summed E-state index contributed by atoms with van der Waals surface area (Å²) in [6, 6.07) is 12.2. The molecule has 0 aliphatic heterocycles. The van der Waals surface area contributed by atoms with E-state index in [1.165, 1.54) is 22.8 Å². The zero-order valence-electron chi connectivity index (χ0n) is 18.0. The van der Waals surface area contributed by atoms with Gasteiger partial charge in [-0.2, -0.15) is 18.4 Å². The van der Waals surface area contributed by atoms with Crippen molar-refractivity contribution in [2.45, 2.75) is 25.6 Å². The lowest BCUT2D eigenvalue weighted by Crippen LogP contribution is -2.29. The van der Waals surface area contributed by atoms with Crippen molar-refractivity contribution in [3.63, 3.8) is 0 Å². The number of aromatic amines is 1. The van der Waals surface area contributed by atoms with Gasteiger partial charge >= 0.3 is 6.18 Å². The van der Waals surface area contributed by atoms with Crippen LogP contribution in [0.1, 0.15) is 30.8 Å². The van der Waals surface area contributed by atoms with Crippen LogP contribution < -0.4 is 4.74 Å². The summed E-state index contributed by atoms with van der Waals surface area (Å²) >= 11 is 0. The Balaban J connectivity index is 1.75. The van der Waals surface area contributed by atoms with Crippen LogP contribution in [0.25, 0.3) is 22.8 Å². The molecule has 0 saturated carbocycles. The number of hydrogen-bond acceptors (Lipinski definition) is 5. The molecule has 2 aromatic carbocycles. The third-order valence-electron chi connectivity index (χ3n) is 5.11. The first kappa shape index (κ1) is 22.1. The van der Waals surface area contributed by atoms with Crippen molar-refractivity contribution in [2.24, 2.45) is 7.05 Å². The maximum absolute atomic E-state index is 13.5. The monoisotopic (exact) mass is 452 g/mol. The van der Waals surface area contributed by atoms with Gasteiger partial charge in [0.05, 0.1) is 22.8 Å². The van der Waals surface area contributed by atoms with Crippen LogP contribution in [0.5, 0.6) is 5.75 Å². The number of imidazole rings is 1. The molecule has 33 heavy (non-hydrogen) atoms. The Labute approximate surface area is 187 Å². The van der Waals surface area contributed by atoms with Crippen molar-refractivity contribution >= 4 is 0 Å². The highest BCUT2D eigenvalue weighted by Gasteiger charge is 2.36. The van der Waals surface area contributed by atoms with Crippen molar-refractivity contribution < 1.29 is 17.9 Å². The molecule has 7 nitrogen and oxygen atoms in total. The number of nitriles is 1. The van der Waals surface area contributed by atoms with E-state index in [9.17, 15) is 18.4 Å². The SMILES string of the molecule is Cn1c(-c2ccccc2C(F)(F)F)nnc1C(C)(C)Oc1ccc(C#N)cc1-c1ncc[nH]1. The predicted molar refractivity (Wildman–Crippen MR) is 114 cm³/mol. The second kappa shape index (κ2) is 8.09. The number of ether oxygens (including phenoxy) is 1. The highest BCUT2D eigenvalue weighted by atomic mass is 19.4. The summed E-state index contributed by atoms with van der Waals surface area (Å²) in [5, 5.41) is 17.5.